The lowest BCUT2D eigenvalue weighted by Gasteiger charge is -2.03. The molecule has 0 radical (unpaired) electrons. The Morgan fingerprint density at radius 1 is 1.36 bits per heavy atom. The van der Waals surface area contributed by atoms with Gasteiger partial charge in [0.05, 0.1) is 16.9 Å². The molecule has 25 heavy (non-hydrogen) atoms. The number of nitro benzene ring substituents is 1. The maximum absolute atomic E-state index is 11.8. The van der Waals surface area contributed by atoms with Gasteiger partial charge in [-0.3, -0.25) is 14.9 Å². The highest BCUT2D eigenvalue weighted by Gasteiger charge is 2.08. The van der Waals surface area contributed by atoms with E-state index in [0.29, 0.717) is 16.3 Å². The molecule has 0 fully saturated rings. The van der Waals surface area contributed by atoms with E-state index >= 15 is 0 Å². The Morgan fingerprint density at radius 3 is 2.84 bits per heavy atom. The van der Waals surface area contributed by atoms with Crippen LogP contribution >= 0.6 is 39.3 Å². The van der Waals surface area contributed by atoms with Crippen molar-refractivity contribution in [1.29, 1.82) is 0 Å². The fourth-order valence-corrected chi connectivity index (χ4v) is 3.42. The summed E-state index contributed by atoms with van der Waals surface area (Å²) >= 11 is 10.9. The summed E-state index contributed by atoms with van der Waals surface area (Å²) in [5.74, 6) is 0.659. The maximum atomic E-state index is 11.8. The van der Waals surface area contributed by atoms with E-state index in [1.54, 1.807) is 0 Å². The number of nitro groups is 1. The van der Waals surface area contributed by atoms with Crippen LogP contribution in [0, 0.1) is 10.1 Å². The van der Waals surface area contributed by atoms with Gasteiger partial charge in [-0.2, -0.15) is 5.10 Å². The molecule has 130 valence electrons. The van der Waals surface area contributed by atoms with Crippen LogP contribution < -0.4 is 5.43 Å². The Balaban J connectivity index is 1.83. The van der Waals surface area contributed by atoms with Gasteiger partial charge in [0.25, 0.3) is 5.69 Å². The third-order valence-corrected chi connectivity index (χ3v) is 5.13. The van der Waals surface area contributed by atoms with E-state index in [9.17, 15) is 14.9 Å². The van der Waals surface area contributed by atoms with Crippen LogP contribution in [-0.2, 0) is 10.5 Å². The SMILES string of the molecule is O=C(CSCc1ccccc1Br)N/N=C\c1cc([N+](=O)[O-])ccc1Cl. The predicted octanol–water partition coefficient (Wildman–Crippen LogP) is 4.39. The highest BCUT2D eigenvalue weighted by molar-refractivity contribution is 9.10. The summed E-state index contributed by atoms with van der Waals surface area (Å²) in [6.45, 7) is 0. The first-order valence-corrected chi connectivity index (χ1v) is 9.37. The summed E-state index contributed by atoms with van der Waals surface area (Å²) in [6.07, 6.45) is 1.28. The van der Waals surface area contributed by atoms with Crippen molar-refractivity contribution in [3.8, 4) is 0 Å². The van der Waals surface area contributed by atoms with E-state index in [4.69, 9.17) is 11.6 Å². The van der Waals surface area contributed by atoms with Crippen molar-refractivity contribution >= 4 is 57.1 Å². The van der Waals surface area contributed by atoms with Gasteiger partial charge in [-0.1, -0.05) is 45.7 Å². The molecular formula is C16H13BrClN3O3S. The number of hydrazone groups is 1. The average Bonchev–Trinajstić information content (AvgIpc) is 2.58. The molecule has 0 saturated carbocycles. The minimum Gasteiger partial charge on any atom is -0.272 e. The van der Waals surface area contributed by atoms with Gasteiger partial charge >= 0.3 is 0 Å². The number of rotatable bonds is 7. The van der Waals surface area contributed by atoms with E-state index < -0.39 is 4.92 Å². The fraction of sp³-hybridized carbons (Fsp3) is 0.125. The number of halogens is 2. The molecule has 0 saturated heterocycles. The first-order chi connectivity index (χ1) is 12.0. The number of nitrogens with one attached hydrogen (secondary N) is 1. The number of hydrogen-bond donors (Lipinski definition) is 1. The third kappa shape index (κ3) is 6.15. The standard InChI is InChI=1S/C16H13BrClN3O3S/c17-14-4-2-1-3-11(14)9-25-10-16(22)20-19-8-12-7-13(21(23)24)5-6-15(12)18/h1-8H,9-10H2,(H,20,22)/b19-8-. The van der Waals surface area contributed by atoms with Gasteiger partial charge in [-0.25, -0.2) is 5.43 Å². The number of nitrogens with zero attached hydrogens (tertiary/aromatic N) is 2. The van der Waals surface area contributed by atoms with Crippen molar-refractivity contribution in [2.75, 3.05) is 5.75 Å². The monoisotopic (exact) mass is 441 g/mol. The molecule has 1 N–H and O–H groups in total. The Labute approximate surface area is 161 Å². The van der Waals surface area contributed by atoms with Crippen LogP contribution in [0.25, 0.3) is 0 Å². The molecule has 0 atom stereocenters. The minimum atomic E-state index is -0.523. The number of carbonyl (C=O) groups is 1. The lowest BCUT2D eigenvalue weighted by atomic mass is 10.2. The third-order valence-electron chi connectivity index (χ3n) is 3.03. The summed E-state index contributed by atoms with van der Waals surface area (Å²) < 4.78 is 1.00. The van der Waals surface area contributed by atoms with Crippen LogP contribution in [0.3, 0.4) is 0 Å². The molecule has 2 aromatic carbocycles. The van der Waals surface area contributed by atoms with E-state index in [0.717, 1.165) is 10.0 Å². The Kier molecular flexibility index (Phi) is 7.42. The highest BCUT2D eigenvalue weighted by atomic mass is 79.9. The van der Waals surface area contributed by atoms with E-state index in [2.05, 4.69) is 26.5 Å². The lowest BCUT2D eigenvalue weighted by molar-refractivity contribution is -0.384. The van der Waals surface area contributed by atoms with Crippen LogP contribution in [0.4, 0.5) is 5.69 Å². The molecule has 2 rings (SSSR count). The molecule has 9 heteroatoms. The number of benzene rings is 2. The largest absolute Gasteiger partial charge is 0.272 e. The van der Waals surface area contributed by atoms with Crippen LogP contribution in [-0.4, -0.2) is 22.8 Å². The maximum Gasteiger partial charge on any atom is 0.270 e. The van der Waals surface area contributed by atoms with Crippen molar-refractivity contribution in [2.45, 2.75) is 5.75 Å². The molecule has 0 aliphatic heterocycles. The van der Waals surface area contributed by atoms with Gasteiger partial charge in [-0.05, 0) is 17.7 Å². The lowest BCUT2D eigenvalue weighted by Crippen LogP contribution is -2.19. The van der Waals surface area contributed by atoms with E-state index in [-0.39, 0.29) is 17.3 Å². The Hall–Kier alpha value is -1.90. The number of thioether (sulfide) groups is 1. The number of carbonyl (C=O) groups excluding carboxylic acids is 1. The van der Waals surface area contributed by atoms with E-state index in [1.165, 1.54) is 36.2 Å². The molecule has 0 aromatic heterocycles. The molecule has 6 nitrogen and oxygen atoms in total. The summed E-state index contributed by atoms with van der Waals surface area (Å²) in [7, 11) is 0. The average molecular weight is 443 g/mol. The first-order valence-electron chi connectivity index (χ1n) is 7.04. The zero-order valence-corrected chi connectivity index (χ0v) is 16.0. The Bertz CT molecular complexity index is 817. The second-order valence-corrected chi connectivity index (χ2v) is 7.09. The second-order valence-electron chi connectivity index (χ2n) is 4.84. The van der Waals surface area contributed by atoms with Crippen molar-refractivity contribution in [2.24, 2.45) is 5.10 Å². The fourth-order valence-electron chi connectivity index (χ4n) is 1.82. The first kappa shape index (κ1) is 19.4. The zero-order valence-electron chi connectivity index (χ0n) is 12.8. The van der Waals surface area contributed by atoms with Crippen molar-refractivity contribution in [1.82, 2.24) is 5.43 Å². The molecule has 0 spiro atoms. The molecular weight excluding hydrogens is 430 g/mol. The van der Waals surface area contributed by atoms with Crippen molar-refractivity contribution < 1.29 is 9.72 Å². The minimum absolute atomic E-state index is 0.0961. The normalized spacial score (nSPS) is 10.8. The summed E-state index contributed by atoms with van der Waals surface area (Å²) in [4.78, 5) is 22.0. The van der Waals surface area contributed by atoms with E-state index in [1.807, 2.05) is 24.3 Å². The van der Waals surface area contributed by atoms with Crippen molar-refractivity contribution in [3.05, 3.63) is 73.2 Å². The van der Waals surface area contributed by atoms with Gasteiger partial charge in [0.2, 0.25) is 5.91 Å². The quantitative estimate of drug-likeness (QED) is 0.391. The van der Waals surface area contributed by atoms with Gasteiger partial charge < -0.3 is 0 Å². The highest BCUT2D eigenvalue weighted by Crippen LogP contribution is 2.21. The zero-order chi connectivity index (χ0) is 18.2. The topological polar surface area (TPSA) is 84.6 Å². The van der Waals surface area contributed by atoms with Crippen LogP contribution in [0.15, 0.2) is 52.0 Å². The Morgan fingerprint density at radius 2 is 2.12 bits per heavy atom. The van der Waals surface area contributed by atoms with Gasteiger partial charge in [0, 0.05) is 32.9 Å². The molecule has 2 aromatic rings. The molecule has 0 aliphatic rings. The molecule has 0 aliphatic carbocycles. The van der Waals surface area contributed by atoms with Gasteiger partial charge in [-0.15, -0.1) is 11.8 Å². The number of amides is 1. The summed E-state index contributed by atoms with van der Waals surface area (Å²) in [6, 6.07) is 11.8. The smallest absolute Gasteiger partial charge is 0.270 e. The summed E-state index contributed by atoms with van der Waals surface area (Å²) in [5.41, 5.74) is 3.74. The molecule has 0 unspecified atom stereocenters. The molecule has 0 bridgehead atoms. The predicted molar refractivity (Wildman–Crippen MR) is 104 cm³/mol. The second kappa shape index (κ2) is 9.55. The van der Waals surface area contributed by atoms with Gasteiger partial charge in [0.15, 0.2) is 0 Å². The van der Waals surface area contributed by atoms with Gasteiger partial charge in [0.1, 0.15) is 0 Å². The summed E-state index contributed by atoms with van der Waals surface area (Å²) in [5, 5.41) is 14.9. The van der Waals surface area contributed by atoms with Crippen LogP contribution in [0.5, 0.6) is 0 Å². The number of hydrogen-bond acceptors (Lipinski definition) is 5. The van der Waals surface area contributed by atoms with Crippen LogP contribution in [0.1, 0.15) is 11.1 Å². The van der Waals surface area contributed by atoms with Crippen molar-refractivity contribution in [3.63, 3.8) is 0 Å². The number of non-ortho nitro benzene ring substituents is 1. The molecule has 0 heterocycles. The molecule has 1 amide bonds. The van der Waals surface area contributed by atoms with Crippen LogP contribution in [0.2, 0.25) is 5.02 Å².